The van der Waals surface area contributed by atoms with Crippen LogP contribution >= 0.6 is 0 Å². The lowest BCUT2D eigenvalue weighted by Crippen LogP contribution is -2.16. The van der Waals surface area contributed by atoms with E-state index in [9.17, 15) is 10.5 Å². The van der Waals surface area contributed by atoms with E-state index in [1.54, 1.807) is 0 Å². The Morgan fingerprint density at radius 3 is 1.60 bits per heavy atom. The molecule has 0 spiro atoms. The highest BCUT2D eigenvalue weighted by Gasteiger charge is 2.38. The summed E-state index contributed by atoms with van der Waals surface area (Å²) >= 11 is 0. The van der Waals surface area contributed by atoms with Crippen LogP contribution in [-0.4, -0.2) is 0 Å². The Bertz CT molecular complexity index is 3200. The molecule has 2 aliphatic rings. The van der Waals surface area contributed by atoms with Gasteiger partial charge >= 0.3 is 0 Å². The number of hydrogen-bond donors (Lipinski definition) is 0. The normalized spacial score (nSPS) is 12.6. The van der Waals surface area contributed by atoms with Gasteiger partial charge in [-0.1, -0.05) is 141 Å². The molecule has 9 aromatic rings. The van der Waals surface area contributed by atoms with Gasteiger partial charge in [0.25, 0.3) is 0 Å². The summed E-state index contributed by atoms with van der Waals surface area (Å²) in [6.45, 7) is 4.66. The lowest BCUT2D eigenvalue weighted by molar-refractivity contribution is 0.660. The van der Waals surface area contributed by atoms with Crippen molar-refractivity contribution in [3.63, 3.8) is 0 Å². The summed E-state index contributed by atoms with van der Waals surface area (Å²) in [6, 6.07) is 71.5. The second kappa shape index (κ2) is 13.6. The van der Waals surface area contributed by atoms with Gasteiger partial charge in [0, 0.05) is 22.4 Å². The van der Waals surface area contributed by atoms with Crippen molar-refractivity contribution in [3.8, 4) is 78.9 Å². The third kappa shape index (κ3) is 5.41. The van der Waals surface area contributed by atoms with Gasteiger partial charge in [-0.25, -0.2) is 0 Å². The highest BCUT2D eigenvalue weighted by atomic mass is 15.1. The topological polar surface area (TPSA) is 50.8 Å². The summed E-state index contributed by atoms with van der Waals surface area (Å²) in [6.07, 6.45) is 0. The van der Waals surface area contributed by atoms with E-state index in [1.807, 2.05) is 48.5 Å². The molecule has 0 saturated carbocycles. The lowest BCUT2D eigenvalue weighted by atomic mass is 9.82. The van der Waals surface area contributed by atoms with Crippen LogP contribution in [0.4, 0.5) is 17.1 Å². The summed E-state index contributed by atoms with van der Waals surface area (Å²) in [4.78, 5) is 2.43. The summed E-state index contributed by atoms with van der Waals surface area (Å²) in [5.41, 5.74) is 20.8. The number of hydrogen-bond acceptors (Lipinski definition) is 3. The van der Waals surface area contributed by atoms with E-state index in [0.29, 0.717) is 11.1 Å². The quantitative estimate of drug-likeness (QED) is 0.169. The number of rotatable bonds is 6. The van der Waals surface area contributed by atoms with E-state index >= 15 is 0 Å². The first-order valence-corrected chi connectivity index (χ1v) is 20.4. The number of anilines is 3. The van der Waals surface area contributed by atoms with Crippen molar-refractivity contribution in [1.82, 2.24) is 0 Å². The van der Waals surface area contributed by atoms with Crippen molar-refractivity contribution < 1.29 is 0 Å². The zero-order valence-electron chi connectivity index (χ0n) is 33.2. The molecule has 0 radical (unpaired) electrons. The van der Waals surface area contributed by atoms with Gasteiger partial charge in [-0.2, -0.15) is 10.5 Å². The molecule has 0 heterocycles. The Kier molecular flexibility index (Phi) is 7.96. The maximum absolute atomic E-state index is 9.64. The van der Waals surface area contributed by atoms with Crippen LogP contribution in [0, 0.1) is 22.7 Å². The molecule has 2 aliphatic carbocycles. The number of benzene rings is 9. The molecule has 0 atom stereocenters. The van der Waals surface area contributed by atoms with Gasteiger partial charge < -0.3 is 4.90 Å². The fourth-order valence-electron chi connectivity index (χ4n) is 9.77. The van der Waals surface area contributed by atoms with Gasteiger partial charge in [0.05, 0.1) is 29.0 Å². The van der Waals surface area contributed by atoms with E-state index in [-0.39, 0.29) is 5.41 Å². The average molecular weight is 764 g/mol. The Hall–Kier alpha value is -7.98. The first-order valence-electron chi connectivity index (χ1n) is 20.4. The predicted molar refractivity (Wildman–Crippen MR) is 246 cm³/mol. The SMILES string of the molecule is CC1(C)c2ccccc2-c2c(N(c3cc(-c4ccc(C#N)cc4)cc(-c4ccc(C#N)cc4)c3)c3cccc(-c4ccc5c6c(cccc46)-c4ccccc4-5)c3)cccc21. The van der Waals surface area contributed by atoms with Gasteiger partial charge in [-0.05, 0) is 144 Å². The largest absolute Gasteiger partial charge is 0.310 e. The third-order valence-corrected chi connectivity index (χ3v) is 12.7. The van der Waals surface area contributed by atoms with Crippen molar-refractivity contribution in [2.45, 2.75) is 19.3 Å². The molecule has 280 valence electrons. The van der Waals surface area contributed by atoms with Gasteiger partial charge in [-0.15, -0.1) is 0 Å². The molecule has 0 unspecified atom stereocenters. The maximum Gasteiger partial charge on any atom is 0.0991 e. The molecule has 11 rings (SSSR count). The first-order chi connectivity index (χ1) is 29.4. The van der Waals surface area contributed by atoms with E-state index in [2.05, 4.69) is 170 Å². The predicted octanol–water partition coefficient (Wildman–Crippen LogP) is 15.0. The van der Waals surface area contributed by atoms with Gasteiger partial charge in [0.1, 0.15) is 0 Å². The number of fused-ring (bicyclic) bond motifs is 6. The number of nitrogens with zero attached hydrogens (tertiary/aromatic N) is 3. The van der Waals surface area contributed by atoms with Crippen LogP contribution in [0.5, 0.6) is 0 Å². The van der Waals surface area contributed by atoms with Crippen LogP contribution in [0.2, 0.25) is 0 Å². The molecule has 0 fully saturated rings. The van der Waals surface area contributed by atoms with E-state index in [0.717, 1.165) is 44.9 Å². The second-order valence-electron chi connectivity index (χ2n) is 16.3. The Morgan fingerprint density at radius 2 is 0.933 bits per heavy atom. The first kappa shape index (κ1) is 35.2. The molecule has 0 N–H and O–H groups in total. The lowest BCUT2D eigenvalue weighted by Gasteiger charge is -2.30. The molecule has 3 nitrogen and oxygen atoms in total. The molecule has 60 heavy (non-hydrogen) atoms. The Balaban J connectivity index is 1.17. The summed E-state index contributed by atoms with van der Waals surface area (Å²) in [5.74, 6) is 0. The van der Waals surface area contributed by atoms with Crippen molar-refractivity contribution in [1.29, 1.82) is 10.5 Å². The highest BCUT2D eigenvalue weighted by Crippen LogP contribution is 2.55. The maximum atomic E-state index is 9.64. The minimum atomic E-state index is -0.185. The van der Waals surface area contributed by atoms with Crippen molar-refractivity contribution in [3.05, 3.63) is 210 Å². The molecule has 0 aliphatic heterocycles. The minimum Gasteiger partial charge on any atom is -0.310 e. The van der Waals surface area contributed by atoms with Crippen molar-refractivity contribution in [2.75, 3.05) is 4.90 Å². The van der Waals surface area contributed by atoms with Crippen LogP contribution < -0.4 is 4.90 Å². The van der Waals surface area contributed by atoms with Crippen LogP contribution in [-0.2, 0) is 5.41 Å². The summed E-state index contributed by atoms with van der Waals surface area (Å²) in [5, 5.41) is 21.8. The van der Waals surface area contributed by atoms with E-state index < -0.39 is 0 Å². The van der Waals surface area contributed by atoms with Gasteiger partial charge in [0.15, 0.2) is 0 Å². The third-order valence-electron chi connectivity index (χ3n) is 12.7. The Morgan fingerprint density at radius 1 is 0.400 bits per heavy atom. The molecular formula is C57H37N3. The standard InChI is InChI=1S/C57H37N3/c1-57(2)52-17-6-5-14-51(52)56-53(57)18-9-19-54(56)60(44-32-41(38-24-20-36(34-58)21-25-38)30-42(33-44)39-26-22-37(35-59)23-27-39)43-11-7-10-40(31-43)45-28-29-50-47-13-4-3-12-46(47)49-16-8-15-48(45)55(49)50/h3-33H,1-2H3. The molecule has 3 heteroatoms. The Labute approximate surface area is 350 Å². The zero-order valence-corrected chi connectivity index (χ0v) is 33.2. The molecular weight excluding hydrogens is 727 g/mol. The fraction of sp³-hybridized carbons (Fsp3) is 0.0526. The van der Waals surface area contributed by atoms with Gasteiger partial charge in [0.2, 0.25) is 0 Å². The number of nitriles is 2. The minimum absolute atomic E-state index is 0.185. The van der Waals surface area contributed by atoms with Crippen LogP contribution in [0.1, 0.15) is 36.1 Å². The molecule has 0 amide bonds. The molecule has 0 aromatic heterocycles. The van der Waals surface area contributed by atoms with Crippen LogP contribution in [0.3, 0.4) is 0 Å². The van der Waals surface area contributed by atoms with E-state index in [1.165, 1.54) is 60.8 Å². The molecule has 0 saturated heterocycles. The van der Waals surface area contributed by atoms with Crippen molar-refractivity contribution in [2.24, 2.45) is 0 Å². The smallest absolute Gasteiger partial charge is 0.0991 e. The average Bonchev–Trinajstić information content (AvgIpc) is 3.76. The van der Waals surface area contributed by atoms with Crippen LogP contribution in [0.25, 0.3) is 77.5 Å². The van der Waals surface area contributed by atoms with Crippen molar-refractivity contribution >= 4 is 27.8 Å². The molecule has 0 bridgehead atoms. The second-order valence-corrected chi connectivity index (χ2v) is 16.3. The summed E-state index contributed by atoms with van der Waals surface area (Å²) < 4.78 is 0. The van der Waals surface area contributed by atoms with Crippen LogP contribution in [0.15, 0.2) is 188 Å². The zero-order chi connectivity index (χ0) is 40.5. The highest BCUT2D eigenvalue weighted by molar-refractivity contribution is 6.18. The van der Waals surface area contributed by atoms with Gasteiger partial charge in [-0.3, -0.25) is 0 Å². The molecule has 9 aromatic carbocycles. The monoisotopic (exact) mass is 763 g/mol. The summed E-state index contributed by atoms with van der Waals surface area (Å²) in [7, 11) is 0. The van der Waals surface area contributed by atoms with E-state index in [4.69, 9.17) is 0 Å². The fourth-order valence-corrected chi connectivity index (χ4v) is 9.77.